The highest BCUT2D eigenvalue weighted by Crippen LogP contribution is 2.13. The summed E-state index contributed by atoms with van der Waals surface area (Å²) in [6.07, 6.45) is 1.67. The summed E-state index contributed by atoms with van der Waals surface area (Å²) in [6, 6.07) is 3.82. The van der Waals surface area contributed by atoms with Crippen LogP contribution in [0, 0.1) is 0 Å². The van der Waals surface area contributed by atoms with Crippen LogP contribution < -0.4 is 0 Å². The molecule has 0 aliphatic rings. The molecule has 78 valence electrons. The number of likely N-dealkylation sites (N-methyl/N-ethyl adjacent to an activating group) is 1. The molecule has 3 nitrogen and oxygen atoms in total. The summed E-state index contributed by atoms with van der Waals surface area (Å²) >= 11 is 5.93. The van der Waals surface area contributed by atoms with E-state index in [0.29, 0.717) is 11.7 Å². The van der Waals surface area contributed by atoms with Crippen molar-refractivity contribution in [3.8, 4) is 0 Å². The van der Waals surface area contributed by atoms with Crippen molar-refractivity contribution in [2.75, 3.05) is 19.7 Å². The second-order valence-electron chi connectivity index (χ2n) is 3.05. The number of pyridine rings is 1. The molecule has 1 aromatic rings. The molecule has 0 bridgehead atoms. The average Bonchev–Trinajstić information content (AvgIpc) is 2.20. The van der Waals surface area contributed by atoms with Crippen molar-refractivity contribution in [2.45, 2.75) is 13.5 Å². The fourth-order valence-corrected chi connectivity index (χ4v) is 1.45. The van der Waals surface area contributed by atoms with Crippen LogP contribution in [-0.4, -0.2) is 34.7 Å². The van der Waals surface area contributed by atoms with Crippen molar-refractivity contribution in [2.24, 2.45) is 0 Å². The van der Waals surface area contributed by atoms with E-state index in [0.717, 1.165) is 18.7 Å². The Kier molecular flexibility index (Phi) is 4.87. The Hall–Kier alpha value is -0.640. The van der Waals surface area contributed by atoms with Gasteiger partial charge in [-0.1, -0.05) is 24.6 Å². The first-order valence-corrected chi connectivity index (χ1v) is 5.08. The zero-order valence-corrected chi connectivity index (χ0v) is 9.04. The fourth-order valence-electron chi connectivity index (χ4n) is 1.27. The van der Waals surface area contributed by atoms with Crippen LogP contribution in [-0.2, 0) is 6.54 Å². The summed E-state index contributed by atoms with van der Waals surface area (Å²) in [5, 5.41) is 9.37. The highest BCUT2D eigenvalue weighted by molar-refractivity contribution is 6.30. The normalized spacial score (nSPS) is 10.9. The molecule has 0 aliphatic carbocycles. The van der Waals surface area contributed by atoms with Crippen molar-refractivity contribution >= 4 is 11.6 Å². The molecular formula is C10H15ClN2O. The summed E-state index contributed by atoms with van der Waals surface area (Å²) in [4.78, 5) is 6.12. The summed E-state index contributed by atoms with van der Waals surface area (Å²) in [7, 11) is 0. The van der Waals surface area contributed by atoms with Gasteiger partial charge in [-0.2, -0.15) is 0 Å². The van der Waals surface area contributed by atoms with Gasteiger partial charge in [0.2, 0.25) is 0 Å². The molecule has 0 fully saturated rings. The number of aliphatic hydroxyl groups is 1. The lowest BCUT2D eigenvalue weighted by atomic mass is 10.2. The van der Waals surface area contributed by atoms with Crippen LogP contribution in [0.5, 0.6) is 0 Å². The van der Waals surface area contributed by atoms with Crippen LogP contribution in [0.1, 0.15) is 12.5 Å². The van der Waals surface area contributed by atoms with Gasteiger partial charge in [-0.05, 0) is 12.6 Å². The van der Waals surface area contributed by atoms with Gasteiger partial charge in [0, 0.05) is 24.8 Å². The van der Waals surface area contributed by atoms with E-state index in [4.69, 9.17) is 16.7 Å². The lowest BCUT2D eigenvalue weighted by Gasteiger charge is -2.19. The van der Waals surface area contributed by atoms with Gasteiger partial charge in [0.25, 0.3) is 0 Å². The molecule has 1 aromatic heterocycles. The molecule has 14 heavy (non-hydrogen) atoms. The van der Waals surface area contributed by atoms with Gasteiger partial charge >= 0.3 is 0 Å². The topological polar surface area (TPSA) is 36.4 Å². The van der Waals surface area contributed by atoms with Gasteiger partial charge in [-0.15, -0.1) is 0 Å². The van der Waals surface area contributed by atoms with Gasteiger partial charge in [0.05, 0.1) is 6.61 Å². The first kappa shape index (κ1) is 11.4. The maximum atomic E-state index is 8.82. The molecule has 0 amide bonds. The van der Waals surface area contributed by atoms with Gasteiger partial charge < -0.3 is 5.11 Å². The van der Waals surface area contributed by atoms with Crippen molar-refractivity contribution in [3.63, 3.8) is 0 Å². The molecule has 0 atom stereocenters. The third kappa shape index (κ3) is 3.25. The van der Waals surface area contributed by atoms with Crippen LogP contribution in [0.3, 0.4) is 0 Å². The van der Waals surface area contributed by atoms with Crippen LogP contribution >= 0.6 is 11.6 Å². The first-order valence-electron chi connectivity index (χ1n) is 4.70. The van der Waals surface area contributed by atoms with Gasteiger partial charge in [0.15, 0.2) is 0 Å². The largest absolute Gasteiger partial charge is 0.395 e. The van der Waals surface area contributed by atoms with Crippen molar-refractivity contribution in [1.82, 2.24) is 9.88 Å². The van der Waals surface area contributed by atoms with Gasteiger partial charge in [-0.25, -0.2) is 4.98 Å². The number of nitrogens with zero attached hydrogens (tertiary/aromatic N) is 2. The van der Waals surface area contributed by atoms with E-state index in [1.807, 2.05) is 12.1 Å². The molecule has 0 spiro atoms. The predicted octanol–water partition coefficient (Wildman–Crippen LogP) is 1.55. The predicted molar refractivity (Wildman–Crippen MR) is 57.3 cm³/mol. The molecule has 0 radical (unpaired) electrons. The van der Waals surface area contributed by atoms with Crippen LogP contribution in [0.15, 0.2) is 18.3 Å². The second-order valence-corrected chi connectivity index (χ2v) is 3.40. The van der Waals surface area contributed by atoms with E-state index in [9.17, 15) is 0 Å². The lowest BCUT2D eigenvalue weighted by Crippen LogP contribution is -2.26. The fraction of sp³-hybridized carbons (Fsp3) is 0.500. The first-order chi connectivity index (χ1) is 6.77. The lowest BCUT2D eigenvalue weighted by molar-refractivity contribution is 0.196. The second kappa shape index (κ2) is 5.96. The molecule has 1 heterocycles. The summed E-state index contributed by atoms with van der Waals surface area (Å²) in [5.41, 5.74) is 1.00. The van der Waals surface area contributed by atoms with Crippen molar-refractivity contribution in [1.29, 1.82) is 0 Å². The van der Waals surface area contributed by atoms with Crippen molar-refractivity contribution in [3.05, 3.63) is 29.0 Å². The molecule has 1 N–H and O–H groups in total. The number of rotatable bonds is 5. The van der Waals surface area contributed by atoms with E-state index in [1.54, 1.807) is 6.20 Å². The van der Waals surface area contributed by atoms with Gasteiger partial charge in [0.1, 0.15) is 5.15 Å². The maximum Gasteiger partial charge on any atom is 0.133 e. The highest BCUT2D eigenvalue weighted by Gasteiger charge is 2.05. The monoisotopic (exact) mass is 214 g/mol. The minimum atomic E-state index is 0.172. The maximum absolute atomic E-state index is 8.82. The zero-order chi connectivity index (χ0) is 10.4. The molecule has 0 aromatic carbocycles. The zero-order valence-electron chi connectivity index (χ0n) is 8.28. The minimum absolute atomic E-state index is 0.172. The van der Waals surface area contributed by atoms with Gasteiger partial charge in [-0.3, -0.25) is 4.90 Å². The minimum Gasteiger partial charge on any atom is -0.395 e. The summed E-state index contributed by atoms with van der Waals surface area (Å²) in [5.74, 6) is 0. The molecule has 0 aliphatic heterocycles. The SMILES string of the molecule is CCN(CCO)Cc1cccnc1Cl. The number of aromatic nitrogens is 1. The van der Waals surface area contributed by atoms with E-state index >= 15 is 0 Å². The van der Waals surface area contributed by atoms with E-state index < -0.39 is 0 Å². The summed E-state index contributed by atoms with van der Waals surface area (Å²) in [6.45, 7) is 4.53. The number of halogens is 1. The molecule has 0 unspecified atom stereocenters. The third-order valence-electron chi connectivity index (χ3n) is 2.09. The van der Waals surface area contributed by atoms with E-state index in [2.05, 4.69) is 16.8 Å². The number of aliphatic hydroxyl groups excluding tert-OH is 1. The van der Waals surface area contributed by atoms with Crippen LogP contribution in [0.25, 0.3) is 0 Å². The van der Waals surface area contributed by atoms with E-state index in [-0.39, 0.29) is 6.61 Å². The Morgan fingerprint density at radius 2 is 2.36 bits per heavy atom. The molecule has 1 rings (SSSR count). The number of hydrogen-bond donors (Lipinski definition) is 1. The molecule has 0 saturated carbocycles. The Labute approximate surface area is 89.3 Å². The quantitative estimate of drug-likeness (QED) is 0.756. The molecule has 0 saturated heterocycles. The third-order valence-corrected chi connectivity index (χ3v) is 2.43. The highest BCUT2D eigenvalue weighted by atomic mass is 35.5. The van der Waals surface area contributed by atoms with E-state index in [1.165, 1.54) is 0 Å². The Morgan fingerprint density at radius 1 is 1.57 bits per heavy atom. The molecular weight excluding hydrogens is 200 g/mol. The molecule has 4 heteroatoms. The Morgan fingerprint density at radius 3 is 2.93 bits per heavy atom. The van der Waals surface area contributed by atoms with Crippen LogP contribution in [0.2, 0.25) is 5.15 Å². The standard InChI is InChI=1S/C10H15ClN2O/c1-2-13(6-7-14)8-9-4-3-5-12-10(9)11/h3-5,14H,2,6-8H2,1H3. The average molecular weight is 215 g/mol. The number of hydrogen-bond acceptors (Lipinski definition) is 3. The Balaban J connectivity index is 2.62. The Bertz CT molecular complexity index is 281. The van der Waals surface area contributed by atoms with Crippen molar-refractivity contribution < 1.29 is 5.11 Å². The summed E-state index contributed by atoms with van der Waals surface area (Å²) < 4.78 is 0. The van der Waals surface area contributed by atoms with Crippen LogP contribution in [0.4, 0.5) is 0 Å². The smallest absolute Gasteiger partial charge is 0.133 e.